The Bertz CT molecular complexity index is 1780. The summed E-state index contributed by atoms with van der Waals surface area (Å²) in [5.74, 6) is 0.866. The molecule has 1 aliphatic rings. The van der Waals surface area contributed by atoms with Gasteiger partial charge in [0.2, 0.25) is 21.8 Å². The minimum absolute atomic E-state index is 0.159. The second-order valence-corrected chi connectivity index (χ2v) is 14.1. The van der Waals surface area contributed by atoms with Crippen molar-refractivity contribution in [1.82, 2.24) is 14.5 Å². The lowest BCUT2D eigenvalue weighted by Crippen LogP contribution is -2.50. The molecule has 1 heterocycles. The first-order valence-electron chi connectivity index (χ1n) is 16.7. The summed E-state index contributed by atoms with van der Waals surface area (Å²) in [6.45, 7) is 1.74. The predicted molar refractivity (Wildman–Crippen MR) is 190 cm³/mol. The van der Waals surface area contributed by atoms with Crippen LogP contribution in [0.25, 0.3) is 0 Å². The number of ether oxygens (including phenoxy) is 2. The second-order valence-electron chi connectivity index (χ2n) is 12.2. The Hall–Kier alpha value is -4.67. The fourth-order valence-electron chi connectivity index (χ4n) is 6.12. The van der Waals surface area contributed by atoms with Gasteiger partial charge in [0.25, 0.3) is 0 Å². The molecular formula is C39H45N3O6S. The van der Waals surface area contributed by atoms with Gasteiger partial charge in [-0.15, -0.1) is 0 Å². The van der Waals surface area contributed by atoms with E-state index in [1.54, 1.807) is 43.4 Å². The minimum atomic E-state index is -3.52. The smallest absolute Gasteiger partial charge is 0.243 e. The summed E-state index contributed by atoms with van der Waals surface area (Å²) in [6.07, 6.45) is 3.24. The number of amides is 2. The molecule has 4 aromatic carbocycles. The maximum absolute atomic E-state index is 14.1. The van der Waals surface area contributed by atoms with Gasteiger partial charge in [0.05, 0.1) is 19.1 Å². The van der Waals surface area contributed by atoms with Crippen LogP contribution in [0.1, 0.15) is 41.5 Å². The molecule has 0 bridgehead atoms. The molecule has 1 saturated heterocycles. The zero-order valence-electron chi connectivity index (χ0n) is 28.2. The van der Waals surface area contributed by atoms with E-state index in [1.807, 2.05) is 78.9 Å². The highest BCUT2D eigenvalue weighted by Crippen LogP contribution is 2.28. The third kappa shape index (κ3) is 9.49. The maximum atomic E-state index is 14.1. The average Bonchev–Trinajstić information content (AvgIpc) is 3.69. The molecule has 10 heteroatoms. The van der Waals surface area contributed by atoms with Crippen molar-refractivity contribution in [3.63, 3.8) is 0 Å². The van der Waals surface area contributed by atoms with Crippen LogP contribution in [0, 0.1) is 0 Å². The van der Waals surface area contributed by atoms with Crippen molar-refractivity contribution in [3.05, 3.63) is 125 Å². The molecule has 258 valence electrons. The van der Waals surface area contributed by atoms with Gasteiger partial charge < -0.3 is 19.7 Å². The minimum Gasteiger partial charge on any atom is -0.493 e. The quantitative estimate of drug-likeness (QED) is 0.169. The third-order valence-electron chi connectivity index (χ3n) is 8.88. The molecular weight excluding hydrogens is 639 g/mol. The number of nitrogens with one attached hydrogen (secondary N) is 1. The Kier molecular flexibility index (Phi) is 12.5. The molecule has 49 heavy (non-hydrogen) atoms. The molecule has 0 aliphatic carbocycles. The van der Waals surface area contributed by atoms with Crippen LogP contribution < -0.4 is 14.8 Å². The number of sulfonamides is 1. The van der Waals surface area contributed by atoms with Crippen LogP contribution in [-0.4, -0.2) is 69.3 Å². The highest BCUT2D eigenvalue weighted by Gasteiger charge is 2.31. The highest BCUT2D eigenvalue weighted by atomic mass is 32.2. The normalized spacial score (nSPS) is 13.8. The number of carbonyl (C=O) groups is 2. The van der Waals surface area contributed by atoms with Crippen molar-refractivity contribution in [3.8, 4) is 11.5 Å². The Balaban J connectivity index is 1.33. The summed E-state index contributed by atoms with van der Waals surface area (Å²) in [4.78, 5) is 30.1. The first kappa shape index (κ1) is 35.6. The number of hydrogen-bond donors (Lipinski definition) is 1. The van der Waals surface area contributed by atoms with Gasteiger partial charge in [0.1, 0.15) is 6.04 Å². The fourth-order valence-corrected chi connectivity index (χ4v) is 7.64. The zero-order valence-corrected chi connectivity index (χ0v) is 29.0. The monoisotopic (exact) mass is 683 g/mol. The van der Waals surface area contributed by atoms with E-state index in [1.165, 1.54) is 4.31 Å². The van der Waals surface area contributed by atoms with Crippen LogP contribution in [0.15, 0.2) is 108 Å². The molecule has 1 unspecified atom stereocenters. The summed E-state index contributed by atoms with van der Waals surface area (Å²) in [5, 5.41) is 3.09. The van der Waals surface area contributed by atoms with E-state index in [9.17, 15) is 18.0 Å². The Morgan fingerprint density at radius 3 is 2.00 bits per heavy atom. The van der Waals surface area contributed by atoms with Gasteiger partial charge in [-0.25, -0.2) is 8.42 Å². The van der Waals surface area contributed by atoms with Crippen LogP contribution in [0.3, 0.4) is 0 Å². The largest absolute Gasteiger partial charge is 0.493 e. The molecule has 0 aromatic heterocycles. The Morgan fingerprint density at radius 1 is 0.755 bits per heavy atom. The number of rotatable bonds is 16. The van der Waals surface area contributed by atoms with Gasteiger partial charge in [0, 0.05) is 39.0 Å². The fraction of sp³-hybridized carbons (Fsp3) is 0.333. The first-order chi connectivity index (χ1) is 23.8. The van der Waals surface area contributed by atoms with Crippen molar-refractivity contribution in [2.75, 3.05) is 33.9 Å². The molecule has 1 atom stereocenters. The van der Waals surface area contributed by atoms with Gasteiger partial charge in [0.15, 0.2) is 11.5 Å². The standard InChI is InChI=1S/C39H45N3O6S/c1-47-36-21-17-32(28-37(36)48-2)23-24-40-39(44)35(27-31-11-5-3-6-12-31)42(29-33-13-7-4-8-14-33)38(43)22-18-30-15-19-34(20-16-30)49(45,46)41-25-9-10-26-41/h3-8,11-17,19-21,28,35H,9-10,18,22-27,29H2,1-2H3,(H,40,44). The molecule has 0 saturated carbocycles. The van der Waals surface area contributed by atoms with Gasteiger partial charge >= 0.3 is 0 Å². The molecule has 2 amide bonds. The number of aryl methyl sites for hydroxylation is 1. The topological polar surface area (TPSA) is 105 Å². The van der Waals surface area contributed by atoms with Gasteiger partial charge in [-0.3, -0.25) is 9.59 Å². The SMILES string of the molecule is COc1ccc(CCNC(=O)C(Cc2ccccc2)N(Cc2ccccc2)C(=O)CCc2ccc(S(=O)(=O)N3CCCC3)cc2)cc1OC. The van der Waals surface area contributed by atoms with Crippen molar-refractivity contribution in [2.45, 2.75) is 56.0 Å². The summed E-state index contributed by atoms with van der Waals surface area (Å²) < 4.78 is 38.3. The van der Waals surface area contributed by atoms with Crippen LogP contribution in [-0.2, 0) is 45.4 Å². The third-order valence-corrected chi connectivity index (χ3v) is 10.8. The molecule has 0 spiro atoms. The van der Waals surface area contributed by atoms with Crippen LogP contribution in [0.2, 0.25) is 0 Å². The highest BCUT2D eigenvalue weighted by molar-refractivity contribution is 7.89. The molecule has 9 nitrogen and oxygen atoms in total. The van der Waals surface area contributed by atoms with Gasteiger partial charge in [-0.05, 0) is 72.2 Å². The number of benzene rings is 4. The van der Waals surface area contributed by atoms with E-state index in [4.69, 9.17) is 9.47 Å². The van der Waals surface area contributed by atoms with Crippen LogP contribution in [0.4, 0.5) is 0 Å². The number of methoxy groups -OCH3 is 2. The number of nitrogens with zero attached hydrogens (tertiary/aromatic N) is 2. The zero-order chi connectivity index (χ0) is 34.6. The van der Waals surface area contributed by atoms with E-state index in [0.29, 0.717) is 50.4 Å². The van der Waals surface area contributed by atoms with Gasteiger partial charge in [-0.2, -0.15) is 4.31 Å². The van der Waals surface area contributed by atoms with Crippen molar-refractivity contribution in [1.29, 1.82) is 0 Å². The van der Waals surface area contributed by atoms with Crippen molar-refractivity contribution < 1.29 is 27.5 Å². The molecule has 0 radical (unpaired) electrons. The summed E-state index contributed by atoms with van der Waals surface area (Å²) in [6, 6.07) is 31.1. The van der Waals surface area contributed by atoms with Crippen LogP contribution >= 0.6 is 0 Å². The summed E-state index contributed by atoms with van der Waals surface area (Å²) in [7, 11) is -0.339. The van der Waals surface area contributed by atoms with Gasteiger partial charge in [-0.1, -0.05) is 78.9 Å². The molecule has 4 aromatic rings. The van der Waals surface area contributed by atoms with E-state index in [2.05, 4.69) is 5.32 Å². The Morgan fingerprint density at radius 2 is 1.37 bits per heavy atom. The van der Waals surface area contributed by atoms with E-state index >= 15 is 0 Å². The first-order valence-corrected chi connectivity index (χ1v) is 18.2. The molecule has 5 rings (SSSR count). The van der Waals surface area contributed by atoms with Crippen LogP contribution in [0.5, 0.6) is 11.5 Å². The molecule has 1 N–H and O–H groups in total. The van der Waals surface area contributed by atoms with Crippen molar-refractivity contribution >= 4 is 21.8 Å². The number of hydrogen-bond acceptors (Lipinski definition) is 6. The second kappa shape index (κ2) is 17.1. The number of carbonyl (C=O) groups excluding carboxylic acids is 2. The lowest BCUT2D eigenvalue weighted by atomic mass is 10.0. The Labute approximate surface area is 289 Å². The lowest BCUT2D eigenvalue weighted by Gasteiger charge is -2.32. The lowest BCUT2D eigenvalue weighted by molar-refractivity contribution is -0.141. The predicted octanol–water partition coefficient (Wildman–Crippen LogP) is 5.42. The molecule has 1 fully saturated rings. The average molecular weight is 684 g/mol. The summed E-state index contributed by atoms with van der Waals surface area (Å²) >= 11 is 0. The van der Waals surface area contributed by atoms with Crippen molar-refractivity contribution in [2.24, 2.45) is 0 Å². The van der Waals surface area contributed by atoms with E-state index < -0.39 is 16.1 Å². The maximum Gasteiger partial charge on any atom is 0.243 e. The summed E-state index contributed by atoms with van der Waals surface area (Å²) in [5.41, 5.74) is 3.70. The van der Waals surface area contributed by atoms with E-state index in [0.717, 1.165) is 35.1 Å². The molecule has 1 aliphatic heterocycles. The van der Waals surface area contributed by atoms with E-state index in [-0.39, 0.29) is 29.7 Å².